The van der Waals surface area contributed by atoms with E-state index in [1.54, 1.807) is 12.1 Å². The van der Waals surface area contributed by atoms with Crippen molar-refractivity contribution in [2.45, 2.75) is 12.5 Å². The molecule has 12 heavy (non-hydrogen) atoms. The molecule has 1 nitrogen and oxygen atoms in total. The highest BCUT2D eigenvalue weighted by Crippen LogP contribution is 2.29. The fraction of sp³-hybridized carbons (Fsp3) is 0.333. The largest absolute Gasteiger partial charge is 0.310 e. The van der Waals surface area contributed by atoms with Crippen molar-refractivity contribution < 1.29 is 4.39 Å². The minimum Gasteiger partial charge on any atom is -0.310 e. The van der Waals surface area contributed by atoms with Crippen molar-refractivity contribution in [3.05, 3.63) is 34.1 Å². The molecule has 1 atom stereocenters. The summed E-state index contributed by atoms with van der Waals surface area (Å²) in [7, 11) is 0. The van der Waals surface area contributed by atoms with E-state index in [0.29, 0.717) is 6.04 Å². The minimum absolute atomic E-state index is 0.165. The standard InChI is InChI=1S/C9H9BrFN/c10-8-2-1-6(11)5-7(8)9-3-4-12-9/h1-2,5,9,12H,3-4H2. The van der Waals surface area contributed by atoms with Gasteiger partial charge in [-0.1, -0.05) is 15.9 Å². The van der Waals surface area contributed by atoms with E-state index < -0.39 is 0 Å². The Labute approximate surface area is 79.1 Å². The van der Waals surface area contributed by atoms with Crippen LogP contribution in [0.3, 0.4) is 0 Å². The summed E-state index contributed by atoms with van der Waals surface area (Å²) in [6, 6.07) is 5.15. The second-order valence-electron chi connectivity index (χ2n) is 2.96. The first-order chi connectivity index (χ1) is 5.77. The van der Waals surface area contributed by atoms with E-state index in [4.69, 9.17) is 0 Å². The lowest BCUT2D eigenvalue weighted by Gasteiger charge is -2.28. The highest BCUT2D eigenvalue weighted by molar-refractivity contribution is 9.10. The summed E-state index contributed by atoms with van der Waals surface area (Å²) in [6.45, 7) is 1.04. The van der Waals surface area contributed by atoms with Crippen LogP contribution in [0, 0.1) is 5.82 Å². The molecule has 0 aliphatic carbocycles. The third-order valence-corrected chi connectivity index (χ3v) is 2.88. The maximum atomic E-state index is 12.8. The van der Waals surface area contributed by atoms with Gasteiger partial charge in [0.2, 0.25) is 0 Å². The first kappa shape index (κ1) is 8.20. The Kier molecular flexibility index (Phi) is 2.15. The minimum atomic E-state index is -0.165. The summed E-state index contributed by atoms with van der Waals surface area (Å²) in [4.78, 5) is 0. The van der Waals surface area contributed by atoms with Gasteiger partial charge in [-0.25, -0.2) is 4.39 Å². The lowest BCUT2D eigenvalue weighted by atomic mass is 9.98. The normalized spacial score (nSPS) is 22.0. The van der Waals surface area contributed by atoms with Gasteiger partial charge in [-0.2, -0.15) is 0 Å². The molecule has 1 aliphatic heterocycles. The van der Waals surface area contributed by atoms with Gasteiger partial charge in [-0.05, 0) is 36.7 Å². The molecule has 0 amide bonds. The van der Waals surface area contributed by atoms with Crippen LogP contribution in [-0.2, 0) is 0 Å². The fourth-order valence-corrected chi connectivity index (χ4v) is 1.86. The van der Waals surface area contributed by atoms with Crippen LogP contribution in [0.5, 0.6) is 0 Å². The Morgan fingerprint density at radius 3 is 2.83 bits per heavy atom. The number of nitrogens with one attached hydrogen (secondary N) is 1. The highest BCUT2D eigenvalue weighted by atomic mass is 79.9. The summed E-state index contributed by atoms with van der Waals surface area (Å²) in [6.07, 6.45) is 1.10. The second-order valence-corrected chi connectivity index (χ2v) is 3.82. The lowest BCUT2D eigenvalue weighted by Crippen LogP contribution is -2.35. The zero-order valence-corrected chi connectivity index (χ0v) is 8.07. The number of hydrogen-bond acceptors (Lipinski definition) is 1. The van der Waals surface area contributed by atoms with Crippen molar-refractivity contribution in [2.24, 2.45) is 0 Å². The molecule has 1 aliphatic rings. The van der Waals surface area contributed by atoms with Gasteiger partial charge in [-0.15, -0.1) is 0 Å². The Balaban J connectivity index is 2.34. The van der Waals surface area contributed by atoms with Crippen molar-refractivity contribution in [2.75, 3.05) is 6.54 Å². The zero-order chi connectivity index (χ0) is 8.55. The molecule has 1 N–H and O–H groups in total. The molecule has 0 spiro atoms. The number of hydrogen-bond donors (Lipinski definition) is 1. The van der Waals surface area contributed by atoms with E-state index in [9.17, 15) is 4.39 Å². The third kappa shape index (κ3) is 1.39. The predicted octanol–water partition coefficient (Wildman–Crippen LogP) is 2.62. The Morgan fingerprint density at radius 1 is 1.50 bits per heavy atom. The van der Waals surface area contributed by atoms with E-state index in [2.05, 4.69) is 21.2 Å². The quantitative estimate of drug-likeness (QED) is 0.781. The molecule has 1 fully saturated rings. The third-order valence-electron chi connectivity index (χ3n) is 2.16. The Morgan fingerprint density at radius 2 is 2.25 bits per heavy atom. The lowest BCUT2D eigenvalue weighted by molar-refractivity contribution is 0.380. The van der Waals surface area contributed by atoms with Crippen LogP contribution in [0.15, 0.2) is 22.7 Å². The van der Waals surface area contributed by atoms with E-state index in [-0.39, 0.29) is 5.82 Å². The van der Waals surface area contributed by atoms with Crippen molar-refractivity contribution in [1.29, 1.82) is 0 Å². The van der Waals surface area contributed by atoms with E-state index in [1.165, 1.54) is 6.07 Å². The van der Waals surface area contributed by atoms with E-state index in [1.807, 2.05) is 0 Å². The Bertz CT molecular complexity index is 297. The van der Waals surface area contributed by atoms with Gasteiger partial charge in [0.25, 0.3) is 0 Å². The molecule has 0 bridgehead atoms. The van der Waals surface area contributed by atoms with Gasteiger partial charge in [-0.3, -0.25) is 0 Å². The highest BCUT2D eigenvalue weighted by Gasteiger charge is 2.20. The van der Waals surface area contributed by atoms with Crippen LogP contribution in [-0.4, -0.2) is 6.54 Å². The van der Waals surface area contributed by atoms with Crippen LogP contribution in [0.4, 0.5) is 4.39 Å². The molecule has 0 saturated carbocycles. The van der Waals surface area contributed by atoms with Crippen LogP contribution >= 0.6 is 15.9 Å². The van der Waals surface area contributed by atoms with Gasteiger partial charge in [0, 0.05) is 10.5 Å². The van der Waals surface area contributed by atoms with Gasteiger partial charge < -0.3 is 5.32 Å². The van der Waals surface area contributed by atoms with Crippen molar-refractivity contribution in [3.8, 4) is 0 Å². The SMILES string of the molecule is Fc1ccc(Br)c(C2CCN2)c1. The van der Waals surface area contributed by atoms with Crippen LogP contribution in [0.25, 0.3) is 0 Å². The fourth-order valence-electron chi connectivity index (χ4n) is 1.34. The number of benzene rings is 1. The molecule has 0 radical (unpaired) electrons. The maximum Gasteiger partial charge on any atom is 0.123 e. The molecule has 0 aromatic heterocycles. The van der Waals surface area contributed by atoms with Gasteiger partial charge in [0.15, 0.2) is 0 Å². The molecule has 1 saturated heterocycles. The van der Waals surface area contributed by atoms with Crippen molar-refractivity contribution in [1.82, 2.24) is 5.32 Å². The van der Waals surface area contributed by atoms with Crippen LogP contribution in [0.2, 0.25) is 0 Å². The van der Waals surface area contributed by atoms with Crippen molar-refractivity contribution in [3.63, 3.8) is 0 Å². The smallest absolute Gasteiger partial charge is 0.123 e. The predicted molar refractivity (Wildman–Crippen MR) is 49.5 cm³/mol. The van der Waals surface area contributed by atoms with Crippen LogP contribution < -0.4 is 5.32 Å². The molecule has 3 heteroatoms. The summed E-state index contributed by atoms with van der Waals surface area (Å²) in [5.74, 6) is -0.165. The summed E-state index contributed by atoms with van der Waals surface area (Å²) >= 11 is 3.40. The first-order valence-electron chi connectivity index (χ1n) is 3.96. The average Bonchev–Trinajstić information content (AvgIpc) is 1.93. The molecule has 1 aromatic rings. The van der Waals surface area contributed by atoms with E-state index >= 15 is 0 Å². The number of rotatable bonds is 1. The molecule has 64 valence electrons. The van der Waals surface area contributed by atoms with Crippen molar-refractivity contribution >= 4 is 15.9 Å². The summed E-state index contributed by atoms with van der Waals surface area (Å²) < 4.78 is 13.8. The summed E-state index contributed by atoms with van der Waals surface area (Å²) in [5.41, 5.74) is 1.03. The van der Waals surface area contributed by atoms with Gasteiger partial charge in [0.1, 0.15) is 5.82 Å². The molecule has 1 aromatic carbocycles. The maximum absolute atomic E-state index is 12.8. The van der Waals surface area contributed by atoms with Gasteiger partial charge in [0.05, 0.1) is 0 Å². The molecular formula is C9H9BrFN. The monoisotopic (exact) mass is 229 g/mol. The molecule has 2 rings (SSSR count). The summed E-state index contributed by atoms with van der Waals surface area (Å²) in [5, 5.41) is 3.23. The molecular weight excluding hydrogens is 221 g/mol. The van der Waals surface area contributed by atoms with E-state index in [0.717, 1.165) is 23.0 Å². The van der Waals surface area contributed by atoms with Gasteiger partial charge >= 0.3 is 0 Å². The number of halogens is 2. The van der Waals surface area contributed by atoms with Crippen LogP contribution in [0.1, 0.15) is 18.0 Å². The molecule has 1 unspecified atom stereocenters. The topological polar surface area (TPSA) is 12.0 Å². The zero-order valence-electron chi connectivity index (χ0n) is 6.48. The molecule has 1 heterocycles. The average molecular weight is 230 g/mol. The first-order valence-corrected chi connectivity index (χ1v) is 4.75. The second kappa shape index (κ2) is 3.15. The Hall–Kier alpha value is -0.410.